The normalized spacial score (nSPS) is 12.1. The van der Waals surface area contributed by atoms with Crippen LogP contribution in [-0.4, -0.2) is 30.6 Å². The van der Waals surface area contributed by atoms with E-state index in [4.69, 9.17) is 9.47 Å². The zero-order valence-electron chi connectivity index (χ0n) is 19.0. The summed E-state index contributed by atoms with van der Waals surface area (Å²) in [7, 11) is 0. The molecule has 176 valence electrons. The number of rotatable bonds is 10. The van der Waals surface area contributed by atoms with Crippen LogP contribution < -0.4 is 10.6 Å². The van der Waals surface area contributed by atoms with Crippen LogP contribution in [0.15, 0.2) is 91.0 Å². The highest BCUT2D eigenvalue weighted by molar-refractivity contribution is 5.90. The maximum absolute atomic E-state index is 13.3. The number of carbonyl (C=O) groups is 3. The summed E-state index contributed by atoms with van der Waals surface area (Å²) in [5.41, 5.74) is 2.26. The first-order valence-electron chi connectivity index (χ1n) is 11.1. The fraction of sp³-hybridized carbons (Fsp3) is 0.222. The molecule has 0 saturated carbocycles. The van der Waals surface area contributed by atoms with Crippen molar-refractivity contribution in [2.75, 3.05) is 6.61 Å². The molecule has 0 unspecified atom stereocenters. The average molecular weight is 461 g/mol. The van der Waals surface area contributed by atoms with Gasteiger partial charge in [0.05, 0.1) is 6.61 Å². The van der Waals surface area contributed by atoms with E-state index in [1.165, 1.54) is 0 Å². The van der Waals surface area contributed by atoms with Gasteiger partial charge in [0.1, 0.15) is 12.6 Å². The number of amides is 2. The van der Waals surface area contributed by atoms with Gasteiger partial charge in [-0.1, -0.05) is 91.0 Å². The van der Waals surface area contributed by atoms with Crippen LogP contribution in [0.25, 0.3) is 0 Å². The zero-order valence-corrected chi connectivity index (χ0v) is 19.0. The van der Waals surface area contributed by atoms with E-state index in [1.54, 1.807) is 31.2 Å². The summed E-state index contributed by atoms with van der Waals surface area (Å²) in [5, 5.41) is 5.37. The number of alkyl carbamates (subject to hydrolysis) is 1. The SMILES string of the molecule is CCOC(=O)[C@H](NC(=O)[C@H](Cc1ccccc1)NC(=O)OCc1ccccc1)c1ccccc1. The van der Waals surface area contributed by atoms with Gasteiger partial charge in [0, 0.05) is 6.42 Å². The van der Waals surface area contributed by atoms with Crippen molar-refractivity contribution >= 4 is 18.0 Å². The Balaban J connectivity index is 1.74. The van der Waals surface area contributed by atoms with Crippen molar-refractivity contribution in [2.45, 2.75) is 32.0 Å². The fourth-order valence-corrected chi connectivity index (χ4v) is 3.36. The van der Waals surface area contributed by atoms with Gasteiger partial charge in [-0.3, -0.25) is 4.79 Å². The van der Waals surface area contributed by atoms with Crippen molar-refractivity contribution in [3.63, 3.8) is 0 Å². The highest BCUT2D eigenvalue weighted by atomic mass is 16.5. The minimum Gasteiger partial charge on any atom is -0.464 e. The number of nitrogens with one attached hydrogen (secondary N) is 2. The Labute approximate surface area is 199 Å². The summed E-state index contributed by atoms with van der Waals surface area (Å²) in [4.78, 5) is 38.4. The molecule has 0 aliphatic rings. The standard InChI is InChI=1S/C27H28N2O5/c1-2-33-26(31)24(22-16-10-5-11-17-22)29-25(30)23(18-20-12-6-3-7-13-20)28-27(32)34-19-21-14-8-4-9-15-21/h3-17,23-24H,2,18-19H2,1H3,(H,28,32)(H,29,30)/t23-,24+/m0/s1. The van der Waals surface area contributed by atoms with Crippen LogP contribution >= 0.6 is 0 Å². The topological polar surface area (TPSA) is 93.7 Å². The zero-order chi connectivity index (χ0) is 24.2. The molecule has 3 aromatic rings. The first-order valence-corrected chi connectivity index (χ1v) is 11.1. The van der Waals surface area contributed by atoms with Gasteiger partial charge in [-0.15, -0.1) is 0 Å². The summed E-state index contributed by atoms with van der Waals surface area (Å²) in [6, 6.07) is 25.4. The molecule has 3 aromatic carbocycles. The van der Waals surface area contributed by atoms with Gasteiger partial charge in [-0.25, -0.2) is 9.59 Å². The molecule has 0 heterocycles. The molecule has 0 spiro atoms. The second-order valence-electron chi connectivity index (χ2n) is 7.55. The molecule has 0 fully saturated rings. The molecule has 0 aliphatic carbocycles. The third-order valence-corrected chi connectivity index (χ3v) is 5.05. The first-order chi connectivity index (χ1) is 16.6. The summed E-state index contributed by atoms with van der Waals surface area (Å²) in [6.07, 6.45) is -0.510. The minimum atomic E-state index is -1.01. The number of hydrogen-bond donors (Lipinski definition) is 2. The lowest BCUT2D eigenvalue weighted by molar-refractivity contribution is -0.147. The molecule has 7 heteroatoms. The Morgan fingerprint density at radius 2 is 1.29 bits per heavy atom. The summed E-state index contributed by atoms with van der Waals surface area (Å²) >= 11 is 0. The molecule has 34 heavy (non-hydrogen) atoms. The van der Waals surface area contributed by atoms with Crippen LogP contribution in [0.5, 0.6) is 0 Å². The monoisotopic (exact) mass is 460 g/mol. The highest BCUT2D eigenvalue weighted by Gasteiger charge is 2.29. The van der Waals surface area contributed by atoms with E-state index in [-0.39, 0.29) is 19.6 Å². The van der Waals surface area contributed by atoms with Crippen molar-refractivity contribution < 1.29 is 23.9 Å². The lowest BCUT2D eigenvalue weighted by Gasteiger charge is -2.23. The largest absolute Gasteiger partial charge is 0.464 e. The van der Waals surface area contributed by atoms with E-state index in [0.29, 0.717) is 5.56 Å². The predicted molar refractivity (Wildman–Crippen MR) is 128 cm³/mol. The Morgan fingerprint density at radius 1 is 0.735 bits per heavy atom. The van der Waals surface area contributed by atoms with Crippen LogP contribution in [-0.2, 0) is 32.1 Å². The minimum absolute atomic E-state index is 0.0712. The molecular weight excluding hydrogens is 432 g/mol. The lowest BCUT2D eigenvalue weighted by Crippen LogP contribution is -2.50. The summed E-state index contributed by atoms with van der Waals surface area (Å²) in [5.74, 6) is -1.10. The number of carbonyl (C=O) groups excluding carboxylic acids is 3. The molecule has 2 amide bonds. The number of hydrogen-bond acceptors (Lipinski definition) is 5. The molecule has 0 aromatic heterocycles. The molecule has 0 bridgehead atoms. The average Bonchev–Trinajstić information content (AvgIpc) is 2.87. The van der Waals surface area contributed by atoms with Crippen LogP contribution in [0.1, 0.15) is 29.7 Å². The van der Waals surface area contributed by atoms with E-state index in [2.05, 4.69) is 10.6 Å². The second-order valence-corrected chi connectivity index (χ2v) is 7.55. The van der Waals surface area contributed by atoms with Gasteiger partial charge in [-0.2, -0.15) is 0 Å². The van der Waals surface area contributed by atoms with Crippen LogP contribution in [0.4, 0.5) is 4.79 Å². The van der Waals surface area contributed by atoms with Crippen molar-refractivity contribution in [3.05, 3.63) is 108 Å². The number of esters is 1. The van der Waals surface area contributed by atoms with Crippen molar-refractivity contribution in [1.82, 2.24) is 10.6 Å². The van der Waals surface area contributed by atoms with Gasteiger partial charge < -0.3 is 20.1 Å². The Bertz CT molecular complexity index is 1060. The molecule has 0 aliphatic heterocycles. The first kappa shape index (κ1) is 24.5. The Hall–Kier alpha value is -4.13. The fourth-order valence-electron chi connectivity index (χ4n) is 3.36. The lowest BCUT2D eigenvalue weighted by atomic mass is 10.0. The number of ether oxygens (including phenoxy) is 2. The second kappa shape index (κ2) is 12.8. The van der Waals surface area contributed by atoms with Gasteiger partial charge in [0.2, 0.25) is 5.91 Å². The van der Waals surface area contributed by atoms with Gasteiger partial charge in [0.25, 0.3) is 0 Å². The molecule has 0 radical (unpaired) electrons. The van der Waals surface area contributed by atoms with Gasteiger partial charge in [-0.05, 0) is 23.6 Å². The van der Waals surface area contributed by atoms with Crippen molar-refractivity contribution in [2.24, 2.45) is 0 Å². The summed E-state index contributed by atoms with van der Waals surface area (Å²) < 4.78 is 10.5. The molecule has 7 nitrogen and oxygen atoms in total. The molecule has 0 saturated heterocycles. The molecule has 2 N–H and O–H groups in total. The summed E-state index contributed by atoms with van der Waals surface area (Å²) in [6.45, 7) is 1.95. The molecule has 2 atom stereocenters. The Morgan fingerprint density at radius 3 is 1.88 bits per heavy atom. The van der Waals surface area contributed by atoms with Gasteiger partial charge in [0.15, 0.2) is 6.04 Å². The van der Waals surface area contributed by atoms with Crippen molar-refractivity contribution in [1.29, 1.82) is 0 Å². The van der Waals surface area contributed by atoms with Crippen molar-refractivity contribution in [3.8, 4) is 0 Å². The van der Waals surface area contributed by atoms with E-state index in [9.17, 15) is 14.4 Å². The quantitative estimate of drug-likeness (QED) is 0.447. The van der Waals surface area contributed by atoms with Crippen LogP contribution in [0.3, 0.4) is 0 Å². The molecular formula is C27H28N2O5. The maximum Gasteiger partial charge on any atom is 0.408 e. The van der Waals surface area contributed by atoms with Gasteiger partial charge >= 0.3 is 12.1 Å². The molecule has 3 rings (SSSR count). The third-order valence-electron chi connectivity index (χ3n) is 5.05. The van der Waals surface area contributed by atoms with Crippen LogP contribution in [0.2, 0.25) is 0 Å². The number of benzene rings is 3. The maximum atomic E-state index is 13.3. The highest BCUT2D eigenvalue weighted by Crippen LogP contribution is 2.15. The van der Waals surface area contributed by atoms with E-state index in [1.807, 2.05) is 66.7 Å². The van der Waals surface area contributed by atoms with E-state index >= 15 is 0 Å². The third kappa shape index (κ3) is 7.48. The predicted octanol–water partition coefficient (Wildman–Crippen LogP) is 3.94. The van der Waals surface area contributed by atoms with E-state index < -0.39 is 30.1 Å². The smallest absolute Gasteiger partial charge is 0.408 e. The Kier molecular flexibility index (Phi) is 9.22. The van der Waals surface area contributed by atoms with Crippen LogP contribution in [0, 0.1) is 0 Å². The van der Waals surface area contributed by atoms with E-state index in [0.717, 1.165) is 11.1 Å².